The van der Waals surface area contributed by atoms with E-state index in [-0.39, 0.29) is 24.5 Å². The highest BCUT2D eigenvalue weighted by Gasteiger charge is 2.35. The van der Waals surface area contributed by atoms with Gasteiger partial charge in [-0.2, -0.15) is 0 Å². The molecule has 0 spiro atoms. The second-order valence-electron chi connectivity index (χ2n) is 6.99. The van der Waals surface area contributed by atoms with Crippen LogP contribution in [0.2, 0.25) is 0 Å². The zero-order valence-corrected chi connectivity index (χ0v) is 16.0. The molecule has 0 heterocycles. The van der Waals surface area contributed by atoms with Gasteiger partial charge < -0.3 is 15.4 Å². The van der Waals surface area contributed by atoms with Crippen LogP contribution in [0, 0.1) is 11.7 Å². The maximum absolute atomic E-state index is 13.1. The Labute approximate surface area is 163 Å². The molecule has 28 heavy (non-hydrogen) atoms. The molecule has 2 N–H and O–H groups in total. The van der Waals surface area contributed by atoms with E-state index in [4.69, 9.17) is 4.74 Å². The first kappa shape index (κ1) is 21.5. The minimum atomic E-state index is -0.966. The number of ketones is 1. The number of hydrogen-bond donors (Lipinski definition) is 2. The van der Waals surface area contributed by atoms with Gasteiger partial charge >= 0.3 is 5.97 Å². The van der Waals surface area contributed by atoms with E-state index in [2.05, 4.69) is 10.6 Å². The molecular formula is C20H25FN2O5. The van der Waals surface area contributed by atoms with Crippen LogP contribution in [0.1, 0.15) is 38.2 Å². The standard InChI is InChI=1S/C20H25FN2O5/c1-12(24)22-17(10-13-6-8-15(21)9-7-13)19(26)23-18(20(27)28-2)14-4-3-5-16(25)11-14/h6-9,14,17-18H,3-5,10-11H2,1-2H3,(H,22,24)(H,23,26)/t14-,17-,18+/m1/s1. The average molecular weight is 392 g/mol. The van der Waals surface area contributed by atoms with Crippen molar-refractivity contribution in [3.05, 3.63) is 35.6 Å². The number of hydrogen-bond acceptors (Lipinski definition) is 5. The Morgan fingerprint density at radius 1 is 1.21 bits per heavy atom. The molecule has 2 rings (SSSR count). The topological polar surface area (TPSA) is 102 Å². The van der Waals surface area contributed by atoms with Crippen molar-refractivity contribution < 1.29 is 28.3 Å². The van der Waals surface area contributed by atoms with Crippen LogP contribution in [0.4, 0.5) is 4.39 Å². The number of halogens is 1. The molecule has 0 aliphatic heterocycles. The van der Waals surface area contributed by atoms with Gasteiger partial charge in [0.15, 0.2) is 0 Å². The molecule has 2 amide bonds. The van der Waals surface area contributed by atoms with Crippen molar-refractivity contribution in [2.75, 3.05) is 7.11 Å². The molecule has 8 heteroatoms. The predicted molar refractivity (Wildman–Crippen MR) is 98.6 cm³/mol. The number of amides is 2. The lowest BCUT2D eigenvalue weighted by atomic mass is 9.83. The van der Waals surface area contributed by atoms with Crippen molar-refractivity contribution in [1.29, 1.82) is 0 Å². The number of ether oxygens (including phenoxy) is 1. The van der Waals surface area contributed by atoms with Gasteiger partial charge in [0.05, 0.1) is 7.11 Å². The van der Waals surface area contributed by atoms with Gasteiger partial charge in [0.1, 0.15) is 23.7 Å². The molecule has 1 fully saturated rings. The first-order chi connectivity index (χ1) is 13.3. The van der Waals surface area contributed by atoms with E-state index in [0.29, 0.717) is 24.8 Å². The second-order valence-corrected chi connectivity index (χ2v) is 6.99. The highest BCUT2D eigenvalue weighted by atomic mass is 19.1. The van der Waals surface area contributed by atoms with Crippen LogP contribution in [0.15, 0.2) is 24.3 Å². The Kier molecular flexibility index (Phi) is 7.66. The van der Waals surface area contributed by atoms with Gasteiger partial charge in [-0.05, 0) is 36.5 Å². The Morgan fingerprint density at radius 2 is 1.89 bits per heavy atom. The van der Waals surface area contributed by atoms with Gasteiger partial charge in [-0.25, -0.2) is 9.18 Å². The first-order valence-electron chi connectivity index (χ1n) is 9.21. The molecule has 0 radical (unpaired) electrons. The van der Waals surface area contributed by atoms with Gasteiger partial charge in [0.25, 0.3) is 0 Å². The van der Waals surface area contributed by atoms with E-state index >= 15 is 0 Å². The molecular weight excluding hydrogens is 367 g/mol. The van der Waals surface area contributed by atoms with Crippen molar-refractivity contribution in [2.45, 2.75) is 51.1 Å². The largest absolute Gasteiger partial charge is 0.467 e. The van der Waals surface area contributed by atoms with Crippen molar-refractivity contribution in [3.8, 4) is 0 Å². The third kappa shape index (κ3) is 6.14. The molecule has 7 nitrogen and oxygen atoms in total. The number of benzene rings is 1. The first-order valence-corrected chi connectivity index (χ1v) is 9.21. The average Bonchev–Trinajstić information content (AvgIpc) is 2.66. The van der Waals surface area contributed by atoms with Crippen LogP contribution in [-0.2, 0) is 30.3 Å². The minimum Gasteiger partial charge on any atom is -0.467 e. The number of rotatable bonds is 7. The van der Waals surface area contributed by atoms with Gasteiger partial charge in [-0.15, -0.1) is 0 Å². The number of Topliss-reactive ketones (excluding diaryl/α,β-unsaturated/α-hetero) is 1. The molecule has 1 aliphatic carbocycles. The van der Waals surface area contributed by atoms with Crippen LogP contribution in [0.3, 0.4) is 0 Å². The molecule has 0 aromatic heterocycles. The molecule has 0 saturated heterocycles. The van der Waals surface area contributed by atoms with Gasteiger partial charge in [-0.3, -0.25) is 14.4 Å². The molecule has 1 aromatic carbocycles. The van der Waals surface area contributed by atoms with E-state index in [1.807, 2.05) is 0 Å². The smallest absolute Gasteiger partial charge is 0.328 e. The second kappa shape index (κ2) is 9.96. The van der Waals surface area contributed by atoms with Crippen molar-refractivity contribution >= 4 is 23.6 Å². The van der Waals surface area contributed by atoms with Crippen LogP contribution < -0.4 is 10.6 Å². The summed E-state index contributed by atoms with van der Waals surface area (Å²) in [6.45, 7) is 1.28. The van der Waals surface area contributed by atoms with Crippen LogP contribution in [-0.4, -0.2) is 42.8 Å². The lowest BCUT2D eigenvalue weighted by Gasteiger charge is -2.29. The number of esters is 1. The van der Waals surface area contributed by atoms with E-state index in [1.165, 1.54) is 38.3 Å². The summed E-state index contributed by atoms with van der Waals surface area (Å²) < 4.78 is 17.9. The molecule has 0 unspecified atom stereocenters. The predicted octanol–water partition coefficient (Wildman–Crippen LogP) is 1.29. The van der Waals surface area contributed by atoms with Crippen LogP contribution in [0.5, 0.6) is 0 Å². The summed E-state index contributed by atoms with van der Waals surface area (Å²) in [6, 6.07) is 3.66. The number of carbonyl (C=O) groups is 4. The van der Waals surface area contributed by atoms with Crippen LogP contribution in [0.25, 0.3) is 0 Å². The summed E-state index contributed by atoms with van der Waals surface area (Å²) >= 11 is 0. The highest BCUT2D eigenvalue weighted by molar-refractivity contribution is 5.91. The maximum Gasteiger partial charge on any atom is 0.328 e. The maximum atomic E-state index is 13.1. The zero-order valence-electron chi connectivity index (χ0n) is 16.0. The van der Waals surface area contributed by atoms with E-state index in [9.17, 15) is 23.6 Å². The van der Waals surface area contributed by atoms with Gasteiger partial charge in [0, 0.05) is 26.2 Å². The highest BCUT2D eigenvalue weighted by Crippen LogP contribution is 2.25. The van der Waals surface area contributed by atoms with Crippen molar-refractivity contribution in [2.24, 2.45) is 5.92 Å². The number of carbonyl (C=O) groups excluding carboxylic acids is 4. The minimum absolute atomic E-state index is 0.0455. The normalized spacial score (nSPS) is 18.7. The van der Waals surface area contributed by atoms with E-state index in [1.54, 1.807) is 0 Å². The SMILES string of the molecule is COC(=O)[C@@H](NC(=O)[C@@H](Cc1ccc(F)cc1)NC(C)=O)[C@@H]1CCCC(=O)C1. The lowest BCUT2D eigenvalue weighted by molar-refractivity contribution is -0.147. The Bertz CT molecular complexity index is 735. The summed E-state index contributed by atoms with van der Waals surface area (Å²) in [4.78, 5) is 48.3. The Morgan fingerprint density at radius 3 is 2.46 bits per heavy atom. The quantitative estimate of drug-likeness (QED) is 0.681. The molecule has 1 aromatic rings. The van der Waals surface area contributed by atoms with Gasteiger partial charge in [0.2, 0.25) is 11.8 Å². The summed E-state index contributed by atoms with van der Waals surface area (Å²) in [6.07, 6.45) is 2.07. The van der Waals surface area contributed by atoms with Crippen LogP contribution >= 0.6 is 0 Å². The zero-order chi connectivity index (χ0) is 20.7. The summed E-state index contributed by atoms with van der Waals surface area (Å²) in [5, 5.41) is 5.19. The lowest BCUT2D eigenvalue weighted by Crippen LogP contribution is -2.55. The van der Waals surface area contributed by atoms with Gasteiger partial charge in [-0.1, -0.05) is 12.1 Å². The van der Waals surface area contributed by atoms with Crippen molar-refractivity contribution in [1.82, 2.24) is 10.6 Å². The summed E-state index contributed by atoms with van der Waals surface area (Å²) in [7, 11) is 1.22. The molecule has 0 bridgehead atoms. The summed E-state index contributed by atoms with van der Waals surface area (Å²) in [5.41, 5.74) is 0.651. The molecule has 152 valence electrons. The fraction of sp³-hybridized carbons (Fsp3) is 0.500. The van der Waals surface area contributed by atoms with E-state index in [0.717, 1.165) is 0 Å². The molecule has 1 saturated carbocycles. The Hall–Kier alpha value is -2.77. The van der Waals surface area contributed by atoms with Crippen molar-refractivity contribution in [3.63, 3.8) is 0 Å². The van der Waals surface area contributed by atoms with E-state index < -0.39 is 35.7 Å². The molecule has 1 aliphatic rings. The summed E-state index contributed by atoms with van der Waals surface area (Å²) in [5.74, 6) is -2.31. The molecule has 3 atom stereocenters. The monoisotopic (exact) mass is 392 g/mol. The Balaban J connectivity index is 2.15. The third-order valence-electron chi connectivity index (χ3n) is 4.79. The number of methoxy groups -OCH3 is 1. The fourth-order valence-electron chi connectivity index (χ4n) is 3.40. The fourth-order valence-corrected chi connectivity index (χ4v) is 3.40. The number of nitrogens with one attached hydrogen (secondary N) is 2. The third-order valence-corrected chi connectivity index (χ3v) is 4.79.